The predicted octanol–water partition coefficient (Wildman–Crippen LogP) is -0.240. The maximum atomic E-state index is 9.81. The summed E-state index contributed by atoms with van der Waals surface area (Å²) in [4.78, 5) is 8.82. The number of aromatic nitrogens is 2. The van der Waals surface area contributed by atoms with Crippen LogP contribution in [0.2, 0.25) is 0 Å². The molecule has 1 aromatic rings. The highest BCUT2D eigenvalue weighted by atomic mass is 16.5. The van der Waals surface area contributed by atoms with Gasteiger partial charge in [-0.2, -0.15) is 4.98 Å². The lowest BCUT2D eigenvalue weighted by Gasteiger charge is -2.24. The fourth-order valence-electron chi connectivity index (χ4n) is 2.35. The molecule has 108 valence electrons. The molecule has 7 nitrogen and oxygen atoms in total. The molecule has 0 amide bonds. The van der Waals surface area contributed by atoms with Crippen LogP contribution >= 0.6 is 0 Å². The summed E-state index contributed by atoms with van der Waals surface area (Å²) in [5, 5.41) is 13.8. The molecule has 7 heteroatoms. The first kappa shape index (κ1) is 14.4. The first-order valence-electron chi connectivity index (χ1n) is 6.72. The third-order valence-electron chi connectivity index (χ3n) is 3.55. The van der Waals surface area contributed by atoms with E-state index < -0.39 is 6.10 Å². The summed E-state index contributed by atoms with van der Waals surface area (Å²) < 4.78 is 5.14. The summed E-state index contributed by atoms with van der Waals surface area (Å²) in [7, 11) is 4.16. The van der Waals surface area contributed by atoms with Gasteiger partial charge in [0.15, 0.2) is 5.82 Å². The SMILES string of the molecule is CN1CCCN(C)C(c2noc([C@@H](O)CCN)n2)C1. The highest BCUT2D eigenvalue weighted by Gasteiger charge is 2.27. The number of hydrogen-bond acceptors (Lipinski definition) is 7. The van der Waals surface area contributed by atoms with E-state index in [0.717, 1.165) is 26.1 Å². The van der Waals surface area contributed by atoms with Gasteiger partial charge >= 0.3 is 0 Å². The van der Waals surface area contributed by atoms with E-state index in [-0.39, 0.29) is 11.9 Å². The number of aliphatic hydroxyl groups excluding tert-OH is 1. The number of aliphatic hydroxyl groups is 1. The second-order valence-electron chi connectivity index (χ2n) is 5.20. The molecule has 1 fully saturated rings. The Morgan fingerprint density at radius 3 is 3.00 bits per heavy atom. The van der Waals surface area contributed by atoms with E-state index in [9.17, 15) is 5.11 Å². The molecule has 0 bridgehead atoms. The van der Waals surface area contributed by atoms with Crippen molar-refractivity contribution in [3.05, 3.63) is 11.7 Å². The Balaban J connectivity index is 2.11. The van der Waals surface area contributed by atoms with Gasteiger partial charge in [0.1, 0.15) is 6.10 Å². The normalized spacial score (nSPS) is 24.3. The number of nitrogens with two attached hydrogens (primary N) is 1. The largest absolute Gasteiger partial charge is 0.383 e. The van der Waals surface area contributed by atoms with Crippen molar-refractivity contribution in [2.75, 3.05) is 40.3 Å². The van der Waals surface area contributed by atoms with Gasteiger partial charge in [-0.1, -0.05) is 5.16 Å². The van der Waals surface area contributed by atoms with Crippen LogP contribution in [0, 0.1) is 0 Å². The van der Waals surface area contributed by atoms with Crippen LogP contribution in [-0.2, 0) is 0 Å². The van der Waals surface area contributed by atoms with E-state index in [1.807, 2.05) is 0 Å². The fourth-order valence-corrected chi connectivity index (χ4v) is 2.35. The topological polar surface area (TPSA) is 91.7 Å². The number of hydrogen-bond donors (Lipinski definition) is 2. The zero-order valence-corrected chi connectivity index (χ0v) is 11.6. The second kappa shape index (κ2) is 6.42. The third-order valence-corrected chi connectivity index (χ3v) is 3.55. The van der Waals surface area contributed by atoms with Crippen molar-refractivity contribution in [2.24, 2.45) is 5.73 Å². The highest BCUT2D eigenvalue weighted by Crippen LogP contribution is 2.22. The van der Waals surface area contributed by atoms with E-state index in [2.05, 4.69) is 34.0 Å². The number of likely N-dealkylation sites (N-methyl/N-ethyl adjacent to an activating group) is 2. The van der Waals surface area contributed by atoms with Gasteiger partial charge in [0.05, 0.1) is 6.04 Å². The highest BCUT2D eigenvalue weighted by molar-refractivity contribution is 4.98. The maximum absolute atomic E-state index is 9.81. The quantitative estimate of drug-likeness (QED) is 0.779. The summed E-state index contributed by atoms with van der Waals surface area (Å²) in [6, 6.07) is 0.107. The second-order valence-corrected chi connectivity index (χ2v) is 5.20. The van der Waals surface area contributed by atoms with Crippen molar-refractivity contribution in [3.63, 3.8) is 0 Å². The van der Waals surface area contributed by atoms with Gasteiger partial charge in [-0.25, -0.2) is 0 Å². The molecule has 0 aliphatic carbocycles. The lowest BCUT2D eigenvalue weighted by Crippen LogP contribution is -2.31. The molecule has 1 unspecified atom stereocenters. The summed E-state index contributed by atoms with van der Waals surface area (Å²) in [6.07, 6.45) is 0.798. The van der Waals surface area contributed by atoms with Crippen molar-refractivity contribution in [2.45, 2.75) is 25.0 Å². The Morgan fingerprint density at radius 1 is 1.47 bits per heavy atom. The van der Waals surface area contributed by atoms with E-state index in [4.69, 9.17) is 10.3 Å². The average molecular weight is 269 g/mol. The van der Waals surface area contributed by atoms with Gasteiger partial charge in [0, 0.05) is 6.54 Å². The van der Waals surface area contributed by atoms with E-state index in [1.165, 1.54) is 0 Å². The van der Waals surface area contributed by atoms with Crippen LogP contribution in [0.4, 0.5) is 0 Å². The molecule has 2 rings (SSSR count). The minimum Gasteiger partial charge on any atom is -0.383 e. The standard InChI is InChI=1S/C12H23N5O2/c1-16-6-3-7-17(2)9(8-16)11-14-12(19-15-11)10(18)4-5-13/h9-10,18H,3-8,13H2,1-2H3/t9?,10-/m0/s1. The van der Waals surface area contributed by atoms with Crippen molar-refractivity contribution in [1.29, 1.82) is 0 Å². The summed E-state index contributed by atoms with van der Waals surface area (Å²) >= 11 is 0. The summed E-state index contributed by atoms with van der Waals surface area (Å²) in [5.74, 6) is 0.906. The predicted molar refractivity (Wildman–Crippen MR) is 70.4 cm³/mol. The summed E-state index contributed by atoms with van der Waals surface area (Å²) in [6.45, 7) is 3.33. The molecule has 2 heterocycles. The van der Waals surface area contributed by atoms with Gasteiger partial charge in [-0.3, -0.25) is 4.90 Å². The monoisotopic (exact) mass is 269 g/mol. The van der Waals surface area contributed by atoms with Crippen LogP contribution in [-0.4, -0.2) is 65.3 Å². The van der Waals surface area contributed by atoms with Crippen LogP contribution < -0.4 is 5.73 Å². The Kier molecular flexibility index (Phi) is 4.87. The zero-order valence-electron chi connectivity index (χ0n) is 11.6. The van der Waals surface area contributed by atoms with Gasteiger partial charge in [0.25, 0.3) is 5.89 Å². The molecular formula is C12H23N5O2. The molecule has 19 heavy (non-hydrogen) atoms. The third kappa shape index (κ3) is 3.50. The minimum atomic E-state index is -0.764. The number of nitrogens with zero attached hydrogens (tertiary/aromatic N) is 4. The lowest BCUT2D eigenvalue weighted by molar-refractivity contribution is 0.127. The van der Waals surface area contributed by atoms with Crippen LogP contribution in [0.1, 0.15) is 36.7 Å². The number of rotatable bonds is 4. The molecule has 3 N–H and O–H groups in total. The van der Waals surface area contributed by atoms with Gasteiger partial charge in [-0.15, -0.1) is 0 Å². The van der Waals surface area contributed by atoms with Crippen LogP contribution in [0.3, 0.4) is 0 Å². The van der Waals surface area contributed by atoms with Gasteiger partial charge in [-0.05, 0) is 46.6 Å². The smallest absolute Gasteiger partial charge is 0.255 e. The maximum Gasteiger partial charge on any atom is 0.255 e. The molecule has 0 saturated carbocycles. The van der Waals surface area contributed by atoms with Crippen LogP contribution in [0.5, 0.6) is 0 Å². The molecule has 0 aromatic carbocycles. The first-order chi connectivity index (χ1) is 9.11. The van der Waals surface area contributed by atoms with Crippen molar-refractivity contribution in [1.82, 2.24) is 19.9 Å². The molecule has 2 atom stereocenters. The van der Waals surface area contributed by atoms with Gasteiger partial charge in [0.2, 0.25) is 0 Å². The first-order valence-corrected chi connectivity index (χ1v) is 6.72. The molecule has 1 aliphatic rings. The Hall–Kier alpha value is -1.02. The van der Waals surface area contributed by atoms with Crippen molar-refractivity contribution in [3.8, 4) is 0 Å². The van der Waals surface area contributed by atoms with Crippen LogP contribution in [0.15, 0.2) is 4.52 Å². The molecule has 1 saturated heterocycles. The lowest BCUT2D eigenvalue weighted by atomic mass is 10.2. The van der Waals surface area contributed by atoms with Crippen molar-refractivity contribution >= 4 is 0 Å². The molecular weight excluding hydrogens is 246 g/mol. The molecule has 1 aliphatic heterocycles. The van der Waals surface area contributed by atoms with Crippen LogP contribution in [0.25, 0.3) is 0 Å². The summed E-state index contributed by atoms with van der Waals surface area (Å²) in [5.41, 5.74) is 5.41. The van der Waals surface area contributed by atoms with E-state index >= 15 is 0 Å². The zero-order chi connectivity index (χ0) is 13.8. The van der Waals surface area contributed by atoms with Gasteiger partial charge < -0.3 is 20.3 Å². The molecule has 1 aromatic heterocycles. The fraction of sp³-hybridized carbons (Fsp3) is 0.833. The van der Waals surface area contributed by atoms with E-state index in [1.54, 1.807) is 0 Å². The Labute approximate surface area is 113 Å². The Morgan fingerprint density at radius 2 is 2.26 bits per heavy atom. The minimum absolute atomic E-state index is 0.107. The van der Waals surface area contributed by atoms with E-state index in [0.29, 0.717) is 18.8 Å². The van der Waals surface area contributed by atoms with Crippen molar-refractivity contribution < 1.29 is 9.63 Å². The Bertz CT molecular complexity index is 397. The average Bonchev–Trinajstić information content (AvgIpc) is 2.79. The molecule has 0 spiro atoms. The molecule has 0 radical (unpaired) electrons.